The molecule has 0 aromatic heterocycles. The van der Waals surface area contributed by atoms with Crippen molar-refractivity contribution in [3.8, 4) is 0 Å². The van der Waals surface area contributed by atoms with Gasteiger partial charge in [0.25, 0.3) is 5.91 Å². The van der Waals surface area contributed by atoms with E-state index in [1.807, 2.05) is 0 Å². The fraction of sp³-hybridized carbons (Fsp3) is 0.750. The average molecular weight is 273 g/mol. The first-order chi connectivity index (χ1) is 8.89. The van der Waals surface area contributed by atoms with Gasteiger partial charge in [0.1, 0.15) is 11.6 Å². The minimum Gasteiger partial charge on any atom is -0.480 e. The number of amides is 1. The molecule has 2 N–H and O–H groups in total. The molecule has 1 amide bonds. The van der Waals surface area contributed by atoms with Crippen LogP contribution in [-0.2, 0) is 23.9 Å². The minimum absolute atomic E-state index is 0.0101. The van der Waals surface area contributed by atoms with E-state index in [1.54, 1.807) is 6.92 Å². The Morgan fingerprint density at radius 1 is 1.47 bits per heavy atom. The van der Waals surface area contributed by atoms with E-state index in [0.29, 0.717) is 13.0 Å². The molecule has 1 aliphatic heterocycles. The van der Waals surface area contributed by atoms with Crippen LogP contribution in [0.4, 0.5) is 0 Å². The number of esters is 1. The number of methoxy groups -OCH3 is 1. The van der Waals surface area contributed by atoms with Crippen LogP contribution in [0.15, 0.2) is 0 Å². The fourth-order valence-corrected chi connectivity index (χ4v) is 1.89. The molecule has 7 nitrogen and oxygen atoms in total. The fourth-order valence-electron chi connectivity index (χ4n) is 1.89. The monoisotopic (exact) mass is 273 g/mol. The van der Waals surface area contributed by atoms with E-state index in [2.05, 4.69) is 10.1 Å². The highest BCUT2D eigenvalue weighted by molar-refractivity contribution is 5.89. The summed E-state index contributed by atoms with van der Waals surface area (Å²) in [7, 11) is 1.23. The molecule has 1 fully saturated rings. The SMILES string of the molecule is COC(=O)CC[C@H](NC(=O)C1(C)CCCO1)C(=O)O. The average Bonchev–Trinajstić information content (AvgIpc) is 2.81. The molecule has 2 atom stereocenters. The van der Waals surface area contributed by atoms with Gasteiger partial charge >= 0.3 is 11.9 Å². The predicted octanol–water partition coefficient (Wildman–Crippen LogP) is 0.0781. The van der Waals surface area contributed by atoms with E-state index in [4.69, 9.17) is 9.84 Å². The molecular weight excluding hydrogens is 254 g/mol. The molecule has 1 rings (SSSR count). The van der Waals surface area contributed by atoms with Crippen LogP contribution in [0.5, 0.6) is 0 Å². The number of carbonyl (C=O) groups is 3. The van der Waals surface area contributed by atoms with Crippen molar-refractivity contribution in [2.45, 2.75) is 44.2 Å². The lowest BCUT2D eigenvalue weighted by atomic mass is 10.0. The van der Waals surface area contributed by atoms with E-state index >= 15 is 0 Å². The summed E-state index contributed by atoms with van der Waals surface area (Å²) < 4.78 is 9.77. The highest BCUT2D eigenvalue weighted by atomic mass is 16.5. The molecule has 0 aromatic rings. The summed E-state index contributed by atoms with van der Waals surface area (Å²) in [6, 6.07) is -1.12. The number of carbonyl (C=O) groups excluding carboxylic acids is 2. The molecule has 0 bridgehead atoms. The predicted molar refractivity (Wildman–Crippen MR) is 64.4 cm³/mol. The van der Waals surface area contributed by atoms with E-state index < -0.39 is 29.5 Å². The van der Waals surface area contributed by atoms with Gasteiger partial charge in [-0.1, -0.05) is 0 Å². The largest absolute Gasteiger partial charge is 0.480 e. The normalized spacial score (nSPS) is 23.7. The van der Waals surface area contributed by atoms with Gasteiger partial charge in [0.05, 0.1) is 7.11 Å². The van der Waals surface area contributed by atoms with Gasteiger partial charge in [0.2, 0.25) is 0 Å². The van der Waals surface area contributed by atoms with E-state index in [0.717, 1.165) is 6.42 Å². The first-order valence-corrected chi connectivity index (χ1v) is 6.13. The highest BCUT2D eigenvalue weighted by Gasteiger charge is 2.39. The number of hydrogen-bond acceptors (Lipinski definition) is 5. The standard InChI is InChI=1S/C12H19NO6/c1-12(6-3-7-19-12)11(17)13-8(10(15)16)4-5-9(14)18-2/h8H,3-7H2,1-2H3,(H,13,17)(H,15,16)/t8-,12?/m0/s1. The van der Waals surface area contributed by atoms with E-state index in [1.165, 1.54) is 7.11 Å². The summed E-state index contributed by atoms with van der Waals surface area (Å²) in [5.41, 5.74) is -0.973. The second-order valence-electron chi connectivity index (χ2n) is 4.66. The van der Waals surface area contributed by atoms with Gasteiger partial charge in [-0.3, -0.25) is 9.59 Å². The van der Waals surface area contributed by atoms with Crippen molar-refractivity contribution < 1.29 is 29.0 Å². The lowest BCUT2D eigenvalue weighted by Gasteiger charge is -2.24. The van der Waals surface area contributed by atoms with Crippen molar-refractivity contribution in [1.82, 2.24) is 5.32 Å². The van der Waals surface area contributed by atoms with Gasteiger partial charge in [0, 0.05) is 13.0 Å². The Bertz CT molecular complexity index is 361. The maximum Gasteiger partial charge on any atom is 0.326 e. The number of aliphatic carboxylic acids is 1. The molecule has 0 aliphatic carbocycles. The van der Waals surface area contributed by atoms with Crippen molar-refractivity contribution in [2.75, 3.05) is 13.7 Å². The molecule has 7 heteroatoms. The lowest BCUT2D eigenvalue weighted by Crippen LogP contribution is -2.50. The van der Waals surface area contributed by atoms with Crippen LogP contribution in [0.1, 0.15) is 32.6 Å². The van der Waals surface area contributed by atoms with Crippen LogP contribution in [0.25, 0.3) is 0 Å². The van der Waals surface area contributed by atoms with Gasteiger partial charge in [-0.2, -0.15) is 0 Å². The molecule has 19 heavy (non-hydrogen) atoms. The van der Waals surface area contributed by atoms with Crippen molar-refractivity contribution in [3.05, 3.63) is 0 Å². The molecule has 1 saturated heterocycles. The number of nitrogens with one attached hydrogen (secondary N) is 1. The molecular formula is C12H19NO6. The van der Waals surface area contributed by atoms with Crippen LogP contribution >= 0.6 is 0 Å². The Kier molecular flexibility index (Phi) is 5.29. The molecule has 0 radical (unpaired) electrons. The second-order valence-corrected chi connectivity index (χ2v) is 4.66. The molecule has 0 aromatic carbocycles. The maximum atomic E-state index is 12.0. The molecule has 1 unspecified atom stereocenters. The van der Waals surface area contributed by atoms with Crippen LogP contribution in [0.3, 0.4) is 0 Å². The molecule has 1 aliphatic rings. The summed E-state index contributed by atoms with van der Waals surface area (Å²) >= 11 is 0. The number of ether oxygens (including phenoxy) is 2. The first-order valence-electron chi connectivity index (χ1n) is 6.13. The zero-order valence-corrected chi connectivity index (χ0v) is 11.1. The van der Waals surface area contributed by atoms with Gasteiger partial charge in [0.15, 0.2) is 0 Å². The smallest absolute Gasteiger partial charge is 0.326 e. The Labute approximate surface area is 111 Å². The number of carboxylic acids is 1. The zero-order chi connectivity index (χ0) is 14.5. The highest BCUT2D eigenvalue weighted by Crippen LogP contribution is 2.25. The number of rotatable bonds is 6. The van der Waals surface area contributed by atoms with Gasteiger partial charge < -0.3 is 19.9 Å². The Morgan fingerprint density at radius 2 is 2.16 bits per heavy atom. The summed E-state index contributed by atoms with van der Waals surface area (Å²) in [6.07, 6.45) is 1.25. The summed E-state index contributed by atoms with van der Waals surface area (Å²) in [4.78, 5) is 34.0. The van der Waals surface area contributed by atoms with Gasteiger partial charge in [-0.05, 0) is 26.2 Å². The second kappa shape index (κ2) is 6.51. The first kappa shape index (κ1) is 15.4. The molecule has 0 saturated carbocycles. The van der Waals surface area contributed by atoms with E-state index in [-0.39, 0.29) is 12.8 Å². The van der Waals surface area contributed by atoms with Crippen LogP contribution in [0, 0.1) is 0 Å². The van der Waals surface area contributed by atoms with Crippen molar-refractivity contribution in [2.24, 2.45) is 0 Å². The number of carboxylic acid groups (broad SMARTS) is 1. The lowest BCUT2D eigenvalue weighted by molar-refractivity contribution is -0.148. The Balaban J connectivity index is 2.55. The van der Waals surface area contributed by atoms with Crippen LogP contribution < -0.4 is 5.32 Å². The zero-order valence-electron chi connectivity index (χ0n) is 11.1. The summed E-state index contributed by atoms with van der Waals surface area (Å²) in [5.74, 6) is -2.15. The molecule has 1 heterocycles. The quantitative estimate of drug-likeness (QED) is 0.664. The third-order valence-corrected chi connectivity index (χ3v) is 3.17. The molecule has 0 spiro atoms. The van der Waals surface area contributed by atoms with Gasteiger partial charge in [-0.15, -0.1) is 0 Å². The van der Waals surface area contributed by atoms with Crippen molar-refractivity contribution in [1.29, 1.82) is 0 Å². The van der Waals surface area contributed by atoms with E-state index in [9.17, 15) is 14.4 Å². The molecule has 108 valence electrons. The van der Waals surface area contributed by atoms with Crippen molar-refractivity contribution in [3.63, 3.8) is 0 Å². The third-order valence-electron chi connectivity index (χ3n) is 3.17. The Morgan fingerprint density at radius 3 is 2.63 bits per heavy atom. The topological polar surface area (TPSA) is 102 Å². The van der Waals surface area contributed by atoms with Crippen LogP contribution in [0.2, 0.25) is 0 Å². The van der Waals surface area contributed by atoms with Gasteiger partial charge in [-0.25, -0.2) is 4.79 Å². The summed E-state index contributed by atoms with van der Waals surface area (Å²) in [5, 5.41) is 11.4. The maximum absolute atomic E-state index is 12.0. The van der Waals surface area contributed by atoms with Crippen LogP contribution in [-0.4, -0.2) is 48.3 Å². The third kappa shape index (κ3) is 4.20. The minimum atomic E-state index is -1.18. The Hall–Kier alpha value is -1.63. The summed E-state index contributed by atoms with van der Waals surface area (Å²) in [6.45, 7) is 2.12. The number of hydrogen-bond donors (Lipinski definition) is 2. The van der Waals surface area contributed by atoms with Crippen molar-refractivity contribution >= 4 is 17.8 Å².